The summed E-state index contributed by atoms with van der Waals surface area (Å²) >= 11 is 0. The Morgan fingerprint density at radius 1 is 1.39 bits per heavy atom. The Morgan fingerprint density at radius 3 is 2.22 bits per heavy atom. The summed E-state index contributed by atoms with van der Waals surface area (Å²) < 4.78 is 30.3. The molecular weight excluding hydrogens is 256 g/mol. The molecule has 0 spiro atoms. The summed E-state index contributed by atoms with van der Waals surface area (Å²) in [6.07, 6.45) is 0. The molecule has 0 radical (unpaired) electrons. The van der Waals surface area contributed by atoms with Crippen LogP contribution in [0.15, 0.2) is 0 Å². The fraction of sp³-hybridized carbons (Fsp3) is 0.818. The predicted molar refractivity (Wildman–Crippen MR) is 67.0 cm³/mol. The third kappa shape index (κ3) is 6.57. The highest BCUT2D eigenvalue weighted by atomic mass is 32.2. The van der Waals surface area contributed by atoms with Gasteiger partial charge in [0.1, 0.15) is 11.6 Å². The van der Waals surface area contributed by atoms with Crippen molar-refractivity contribution in [1.29, 1.82) is 5.26 Å². The molecule has 0 aromatic rings. The molecule has 0 amide bonds. The lowest BCUT2D eigenvalue weighted by Gasteiger charge is -2.26. The molecule has 0 bridgehead atoms. The first-order valence-electron chi connectivity index (χ1n) is 5.58. The Balaban J connectivity index is 4.91. The first-order valence-corrected chi connectivity index (χ1v) is 7.23. The normalized spacial score (nSPS) is 14.1. The lowest BCUT2D eigenvalue weighted by molar-refractivity contribution is -0.158. The third-order valence-electron chi connectivity index (χ3n) is 1.89. The van der Waals surface area contributed by atoms with E-state index < -0.39 is 33.4 Å². The van der Waals surface area contributed by atoms with Gasteiger partial charge in [-0.05, 0) is 26.7 Å². The quantitative estimate of drug-likeness (QED) is 0.749. The van der Waals surface area contributed by atoms with E-state index in [1.54, 1.807) is 34.6 Å². The van der Waals surface area contributed by atoms with Gasteiger partial charge >= 0.3 is 5.97 Å². The SMILES string of the molecule is CC(C)[C@H](NS(=O)(=O)CC#N)C(=O)OC(C)(C)C. The summed E-state index contributed by atoms with van der Waals surface area (Å²) in [7, 11) is -3.79. The summed E-state index contributed by atoms with van der Waals surface area (Å²) in [4.78, 5) is 11.9. The number of nitrogens with one attached hydrogen (secondary N) is 1. The van der Waals surface area contributed by atoms with Crippen LogP contribution in [0.2, 0.25) is 0 Å². The van der Waals surface area contributed by atoms with Crippen LogP contribution in [0.3, 0.4) is 0 Å². The zero-order chi connectivity index (χ0) is 14.6. The van der Waals surface area contributed by atoms with E-state index in [1.807, 2.05) is 0 Å². The van der Waals surface area contributed by atoms with Crippen LogP contribution in [0, 0.1) is 17.2 Å². The van der Waals surface area contributed by atoms with Gasteiger partial charge in [0.25, 0.3) is 0 Å². The maximum absolute atomic E-state index is 11.9. The average molecular weight is 276 g/mol. The van der Waals surface area contributed by atoms with Gasteiger partial charge in [0, 0.05) is 0 Å². The summed E-state index contributed by atoms with van der Waals surface area (Å²) in [6.45, 7) is 8.50. The number of esters is 1. The molecule has 0 rings (SSSR count). The van der Waals surface area contributed by atoms with Crippen molar-refractivity contribution >= 4 is 16.0 Å². The van der Waals surface area contributed by atoms with E-state index in [1.165, 1.54) is 6.07 Å². The lowest BCUT2D eigenvalue weighted by Crippen LogP contribution is -2.47. The molecule has 0 saturated carbocycles. The van der Waals surface area contributed by atoms with Gasteiger partial charge in [0.05, 0.1) is 6.07 Å². The van der Waals surface area contributed by atoms with E-state index in [9.17, 15) is 13.2 Å². The van der Waals surface area contributed by atoms with Crippen LogP contribution in [-0.4, -0.2) is 31.8 Å². The minimum atomic E-state index is -3.79. The van der Waals surface area contributed by atoms with E-state index >= 15 is 0 Å². The Bertz CT molecular complexity index is 429. The number of hydrogen-bond acceptors (Lipinski definition) is 5. The Kier molecular flexibility index (Phi) is 5.77. The van der Waals surface area contributed by atoms with Crippen molar-refractivity contribution in [2.24, 2.45) is 5.92 Å². The third-order valence-corrected chi connectivity index (χ3v) is 3.01. The van der Waals surface area contributed by atoms with Crippen LogP contribution >= 0.6 is 0 Å². The van der Waals surface area contributed by atoms with Gasteiger partial charge in [-0.3, -0.25) is 4.79 Å². The maximum atomic E-state index is 11.9. The molecule has 0 aliphatic carbocycles. The van der Waals surface area contributed by atoms with Gasteiger partial charge in [-0.1, -0.05) is 13.8 Å². The van der Waals surface area contributed by atoms with Crippen LogP contribution in [0.5, 0.6) is 0 Å². The Labute approximate surface area is 108 Å². The zero-order valence-corrected chi connectivity index (χ0v) is 12.2. The van der Waals surface area contributed by atoms with Crippen molar-refractivity contribution in [2.75, 3.05) is 5.75 Å². The molecule has 0 saturated heterocycles. The second-order valence-electron chi connectivity index (χ2n) is 5.29. The van der Waals surface area contributed by atoms with Crippen molar-refractivity contribution in [3.63, 3.8) is 0 Å². The average Bonchev–Trinajstić information content (AvgIpc) is 2.10. The molecule has 0 unspecified atom stereocenters. The predicted octanol–water partition coefficient (Wildman–Crippen LogP) is 0.796. The van der Waals surface area contributed by atoms with Crippen molar-refractivity contribution in [3.05, 3.63) is 0 Å². The van der Waals surface area contributed by atoms with E-state index in [2.05, 4.69) is 4.72 Å². The van der Waals surface area contributed by atoms with E-state index in [-0.39, 0.29) is 5.92 Å². The Morgan fingerprint density at radius 2 is 1.89 bits per heavy atom. The summed E-state index contributed by atoms with van der Waals surface area (Å²) in [5.74, 6) is -1.59. The Hall–Kier alpha value is -1.13. The second-order valence-corrected chi connectivity index (χ2v) is 7.04. The number of carbonyl (C=O) groups excluding carboxylic acids is 1. The van der Waals surface area contributed by atoms with Crippen molar-refractivity contribution in [1.82, 2.24) is 4.72 Å². The lowest BCUT2D eigenvalue weighted by atomic mass is 10.1. The number of nitrogens with zero attached hydrogens (tertiary/aromatic N) is 1. The van der Waals surface area contributed by atoms with Crippen molar-refractivity contribution in [3.8, 4) is 6.07 Å². The topological polar surface area (TPSA) is 96.3 Å². The molecule has 7 heteroatoms. The molecule has 0 heterocycles. The molecule has 0 aromatic heterocycles. The standard InChI is InChI=1S/C11H20N2O4S/c1-8(2)9(10(14)17-11(3,4)5)13-18(15,16)7-6-12/h8-9,13H,7H2,1-5H3/t9-/m0/s1. The zero-order valence-electron chi connectivity index (χ0n) is 11.4. The molecule has 0 fully saturated rings. The van der Waals surface area contributed by atoms with Crippen molar-refractivity contribution < 1.29 is 17.9 Å². The van der Waals surface area contributed by atoms with E-state index in [0.29, 0.717) is 0 Å². The first-order chi connectivity index (χ1) is 7.98. The molecule has 104 valence electrons. The monoisotopic (exact) mass is 276 g/mol. The summed E-state index contributed by atoms with van der Waals surface area (Å²) in [6, 6.07) is 0.553. The molecule has 1 atom stereocenters. The number of sulfonamides is 1. The number of nitriles is 1. The number of rotatable bonds is 5. The highest BCUT2D eigenvalue weighted by Crippen LogP contribution is 2.13. The molecule has 6 nitrogen and oxygen atoms in total. The van der Waals surface area contributed by atoms with Crippen LogP contribution in [-0.2, 0) is 19.6 Å². The van der Waals surface area contributed by atoms with Crippen LogP contribution in [0.25, 0.3) is 0 Å². The van der Waals surface area contributed by atoms with Gasteiger partial charge in [-0.2, -0.15) is 9.98 Å². The fourth-order valence-corrected chi connectivity index (χ4v) is 2.15. The summed E-state index contributed by atoms with van der Waals surface area (Å²) in [5, 5.41) is 8.39. The highest BCUT2D eigenvalue weighted by molar-refractivity contribution is 7.89. The summed E-state index contributed by atoms with van der Waals surface area (Å²) in [5.41, 5.74) is -0.690. The molecule has 0 aromatic carbocycles. The minimum absolute atomic E-state index is 0.270. The van der Waals surface area contributed by atoms with Crippen LogP contribution < -0.4 is 4.72 Å². The largest absolute Gasteiger partial charge is 0.459 e. The molecular formula is C11H20N2O4S. The second kappa shape index (κ2) is 6.16. The van der Waals surface area contributed by atoms with Gasteiger partial charge in [0.2, 0.25) is 10.0 Å². The number of hydrogen-bond donors (Lipinski definition) is 1. The smallest absolute Gasteiger partial charge is 0.324 e. The molecule has 1 N–H and O–H groups in total. The van der Waals surface area contributed by atoms with Gasteiger partial charge < -0.3 is 4.74 Å². The van der Waals surface area contributed by atoms with Gasteiger partial charge in [-0.15, -0.1) is 0 Å². The maximum Gasteiger partial charge on any atom is 0.324 e. The number of carbonyl (C=O) groups is 1. The van der Waals surface area contributed by atoms with E-state index in [0.717, 1.165) is 0 Å². The molecule has 0 aliphatic heterocycles. The van der Waals surface area contributed by atoms with E-state index in [4.69, 9.17) is 10.00 Å². The highest BCUT2D eigenvalue weighted by Gasteiger charge is 2.31. The van der Waals surface area contributed by atoms with Gasteiger partial charge in [-0.25, -0.2) is 8.42 Å². The molecule has 0 aliphatic rings. The van der Waals surface area contributed by atoms with Crippen molar-refractivity contribution in [2.45, 2.75) is 46.3 Å². The fourth-order valence-electron chi connectivity index (χ4n) is 1.14. The number of ether oxygens (including phenoxy) is 1. The van der Waals surface area contributed by atoms with Crippen LogP contribution in [0.4, 0.5) is 0 Å². The molecule has 18 heavy (non-hydrogen) atoms. The van der Waals surface area contributed by atoms with Crippen LogP contribution in [0.1, 0.15) is 34.6 Å². The minimum Gasteiger partial charge on any atom is -0.459 e. The van der Waals surface area contributed by atoms with Gasteiger partial charge in [0.15, 0.2) is 5.75 Å². The first kappa shape index (κ1) is 16.9.